The molecule has 1 amide bonds. The molecule has 7 heteroatoms. The van der Waals surface area contributed by atoms with Crippen LogP contribution in [0.4, 0.5) is 4.39 Å². The van der Waals surface area contributed by atoms with Crippen LogP contribution >= 0.6 is 0 Å². The summed E-state index contributed by atoms with van der Waals surface area (Å²) in [5.41, 5.74) is 1.95. The first-order valence-corrected chi connectivity index (χ1v) is 9.35. The summed E-state index contributed by atoms with van der Waals surface area (Å²) < 4.78 is 14.7. The number of halogens is 1. The topological polar surface area (TPSA) is 54.3 Å². The summed E-state index contributed by atoms with van der Waals surface area (Å²) in [6.45, 7) is 5.60. The summed E-state index contributed by atoms with van der Waals surface area (Å²) in [7, 11) is 0. The molecule has 0 spiro atoms. The average molecular weight is 379 g/mol. The smallest absolute Gasteiger partial charge is 0.293 e. The van der Waals surface area contributed by atoms with E-state index >= 15 is 0 Å². The maximum atomic E-state index is 13.1. The fourth-order valence-corrected chi connectivity index (χ4v) is 3.40. The lowest BCUT2D eigenvalue weighted by molar-refractivity contribution is 0.0616. The number of aromatic nitrogens is 3. The third-order valence-electron chi connectivity index (χ3n) is 4.94. The van der Waals surface area contributed by atoms with Crippen molar-refractivity contribution in [2.75, 3.05) is 26.2 Å². The van der Waals surface area contributed by atoms with Crippen LogP contribution in [0.1, 0.15) is 22.0 Å². The number of rotatable bonds is 4. The van der Waals surface area contributed by atoms with Gasteiger partial charge in [0.05, 0.1) is 5.69 Å². The predicted molar refractivity (Wildman–Crippen MR) is 104 cm³/mol. The summed E-state index contributed by atoms with van der Waals surface area (Å²) in [6, 6.07) is 16.3. The Morgan fingerprint density at radius 1 is 1.00 bits per heavy atom. The molecule has 4 rings (SSSR count). The Bertz CT molecular complexity index is 947. The monoisotopic (exact) mass is 379 g/mol. The normalized spacial score (nSPS) is 15.0. The molecule has 2 heterocycles. The molecule has 1 aliphatic heterocycles. The van der Waals surface area contributed by atoms with Crippen molar-refractivity contribution in [3.63, 3.8) is 0 Å². The molecule has 6 nitrogen and oxygen atoms in total. The van der Waals surface area contributed by atoms with Crippen molar-refractivity contribution in [3.8, 4) is 5.69 Å². The van der Waals surface area contributed by atoms with Crippen LogP contribution in [0.2, 0.25) is 0 Å². The summed E-state index contributed by atoms with van der Waals surface area (Å²) in [4.78, 5) is 21.3. The van der Waals surface area contributed by atoms with Crippen LogP contribution in [-0.4, -0.2) is 56.7 Å². The van der Waals surface area contributed by atoms with E-state index in [4.69, 9.17) is 0 Å². The Kier molecular flexibility index (Phi) is 5.16. The Morgan fingerprint density at radius 3 is 2.36 bits per heavy atom. The third kappa shape index (κ3) is 3.94. The van der Waals surface area contributed by atoms with Gasteiger partial charge in [-0.3, -0.25) is 9.69 Å². The molecule has 1 aliphatic rings. The van der Waals surface area contributed by atoms with Gasteiger partial charge in [0.25, 0.3) is 5.91 Å². The van der Waals surface area contributed by atoms with Gasteiger partial charge in [-0.25, -0.2) is 14.1 Å². The molecule has 144 valence electrons. The zero-order valence-electron chi connectivity index (χ0n) is 15.8. The number of nitrogens with zero attached hydrogens (tertiary/aromatic N) is 5. The molecule has 0 saturated carbocycles. The zero-order chi connectivity index (χ0) is 19.5. The highest BCUT2D eigenvalue weighted by Crippen LogP contribution is 2.13. The van der Waals surface area contributed by atoms with Gasteiger partial charge in [-0.05, 0) is 36.8 Å². The van der Waals surface area contributed by atoms with Crippen molar-refractivity contribution in [3.05, 3.63) is 77.6 Å². The second-order valence-electron chi connectivity index (χ2n) is 6.92. The van der Waals surface area contributed by atoms with Gasteiger partial charge >= 0.3 is 0 Å². The van der Waals surface area contributed by atoms with E-state index in [0.717, 1.165) is 19.6 Å². The molecule has 3 aromatic rings. The maximum absolute atomic E-state index is 13.1. The summed E-state index contributed by atoms with van der Waals surface area (Å²) >= 11 is 0. The standard InChI is InChI=1S/C21H22FN5O/c1-16-23-20(24-27(16)19-9-7-18(22)8-10-19)21(28)26-13-11-25(12-14-26)15-17-5-3-2-4-6-17/h2-10H,11-15H2,1H3. The second kappa shape index (κ2) is 7.90. The minimum absolute atomic E-state index is 0.164. The Morgan fingerprint density at radius 2 is 1.68 bits per heavy atom. The van der Waals surface area contributed by atoms with E-state index in [9.17, 15) is 9.18 Å². The molecule has 0 unspecified atom stereocenters. The number of aryl methyl sites for hydroxylation is 1. The van der Waals surface area contributed by atoms with Crippen LogP contribution < -0.4 is 0 Å². The van der Waals surface area contributed by atoms with Crippen LogP contribution in [0.3, 0.4) is 0 Å². The van der Waals surface area contributed by atoms with Crippen LogP contribution in [0.5, 0.6) is 0 Å². The lowest BCUT2D eigenvalue weighted by Gasteiger charge is -2.34. The first-order valence-electron chi connectivity index (χ1n) is 9.35. The molecule has 2 aromatic carbocycles. The summed E-state index contributed by atoms with van der Waals surface area (Å²) in [5, 5.41) is 4.35. The lowest BCUT2D eigenvalue weighted by atomic mass is 10.2. The van der Waals surface area contributed by atoms with E-state index in [1.807, 2.05) is 18.2 Å². The molecule has 0 atom stereocenters. The Hall–Kier alpha value is -3.06. The molecule has 28 heavy (non-hydrogen) atoms. The van der Waals surface area contributed by atoms with Crippen LogP contribution in [0.25, 0.3) is 5.69 Å². The number of amides is 1. The van der Waals surface area contributed by atoms with Crippen molar-refractivity contribution in [1.82, 2.24) is 24.6 Å². The van der Waals surface area contributed by atoms with Crippen LogP contribution in [0, 0.1) is 12.7 Å². The second-order valence-corrected chi connectivity index (χ2v) is 6.92. The first kappa shape index (κ1) is 18.3. The highest BCUT2D eigenvalue weighted by Gasteiger charge is 2.25. The summed E-state index contributed by atoms with van der Waals surface area (Å²) in [6.07, 6.45) is 0. The van der Waals surface area contributed by atoms with Crippen LogP contribution in [0.15, 0.2) is 54.6 Å². The van der Waals surface area contributed by atoms with Crippen molar-refractivity contribution < 1.29 is 9.18 Å². The van der Waals surface area contributed by atoms with E-state index < -0.39 is 0 Å². The van der Waals surface area contributed by atoms with Crippen molar-refractivity contribution >= 4 is 5.91 Å². The molecule has 0 N–H and O–H groups in total. The van der Waals surface area contributed by atoms with Gasteiger partial charge in [-0.2, -0.15) is 0 Å². The lowest BCUT2D eigenvalue weighted by Crippen LogP contribution is -2.48. The Balaban J connectivity index is 1.40. The van der Waals surface area contributed by atoms with Crippen LogP contribution in [-0.2, 0) is 6.54 Å². The van der Waals surface area contributed by atoms with Crippen molar-refractivity contribution in [2.45, 2.75) is 13.5 Å². The molecule has 1 aromatic heterocycles. The number of benzene rings is 2. The number of hydrogen-bond acceptors (Lipinski definition) is 4. The molecular weight excluding hydrogens is 357 g/mol. The van der Waals surface area contributed by atoms with Gasteiger partial charge < -0.3 is 4.90 Å². The summed E-state index contributed by atoms with van der Waals surface area (Å²) in [5.74, 6) is 0.297. The fourth-order valence-electron chi connectivity index (χ4n) is 3.40. The largest absolute Gasteiger partial charge is 0.333 e. The number of carbonyl (C=O) groups is 1. The minimum atomic E-state index is -0.314. The van der Waals surface area contributed by atoms with E-state index in [1.165, 1.54) is 17.7 Å². The number of hydrogen-bond donors (Lipinski definition) is 0. The van der Waals surface area contributed by atoms with E-state index in [1.54, 1.807) is 28.6 Å². The van der Waals surface area contributed by atoms with Crippen molar-refractivity contribution in [1.29, 1.82) is 0 Å². The highest BCUT2D eigenvalue weighted by molar-refractivity contribution is 5.90. The van der Waals surface area contributed by atoms with E-state index in [-0.39, 0.29) is 17.5 Å². The molecule has 1 saturated heterocycles. The van der Waals surface area contributed by atoms with E-state index in [2.05, 4.69) is 27.1 Å². The third-order valence-corrected chi connectivity index (χ3v) is 4.94. The minimum Gasteiger partial charge on any atom is -0.333 e. The maximum Gasteiger partial charge on any atom is 0.293 e. The van der Waals surface area contributed by atoms with Crippen molar-refractivity contribution in [2.24, 2.45) is 0 Å². The number of carbonyl (C=O) groups excluding carboxylic acids is 1. The molecule has 1 fully saturated rings. The first-order chi connectivity index (χ1) is 13.6. The molecule has 0 radical (unpaired) electrons. The number of piperazine rings is 1. The van der Waals surface area contributed by atoms with Gasteiger partial charge in [0.2, 0.25) is 5.82 Å². The highest BCUT2D eigenvalue weighted by atomic mass is 19.1. The average Bonchev–Trinajstić information content (AvgIpc) is 3.11. The Labute approximate surface area is 163 Å². The van der Waals surface area contributed by atoms with Gasteiger partial charge in [0, 0.05) is 32.7 Å². The predicted octanol–water partition coefficient (Wildman–Crippen LogP) is 2.67. The molecular formula is C21H22FN5O. The van der Waals surface area contributed by atoms with Gasteiger partial charge in [-0.1, -0.05) is 30.3 Å². The molecule has 0 aliphatic carbocycles. The van der Waals surface area contributed by atoms with Gasteiger partial charge in [0.1, 0.15) is 11.6 Å². The van der Waals surface area contributed by atoms with E-state index in [0.29, 0.717) is 24.6 Å². The zero-order valence-corrected chi connectivity index (χ0v) is 15.8. The fraction of sp³-hybridized carbons (Fsp3) is 0.286. The van der Waals surface area contributed by atoms with Gasteiger partial charge in [-0.15, -0.1) is 5.10 Å². The van der Waals surface area contributed by atoms with Gasteiger partial charge in [0.15, 0.2) is 0 Å². The molecule has 0 bridgehead atoms. The SMILES string of the molecule is Cc1nc(C(=O)N2CCN(Cc3ccccc3)CC2)nn1-c1ccc(F)cc1. The quantitative estimate of drug-likeness (QED) is 0.699.